The first kappa shape index (κ1) is 21.7. The Morgan fingerprint density at radius 2 is 1.52 bits per heavy atom. The number of carbonyl (C=O) groups excluding carboxylic acids is 2. The number of benzene rings is 2. The van der Waals surface area contributed by atoms with Crippen molar-refractivity contribution in [3.05, 3.63) is 80.4 Å². The van der Waals surface area contributed by atoms with E-state index < -0.39 is 11.9 Å². The molecule has 0 aliphatic heterocycles. The first-order chi connectivity index (χ1) is 13.8. The van der Waals surface area contributed by atoms with Crippen molar-refractivity contribution in [2.45, 2.75) is 9.79 Å². The Balaban J connectivity index is 1.62. The summed E-state index contributed by atoms with van der Waals surface area (Å²) >= 11 is 25.3. The molecule has 0 atom stereocenters. The van der Waals surface area contributed by atoms with Gasteiger partial charge in [0.05, 0.1) is 15.6 Å². The molecular formula is C19H11Cl4N3O2S. The number of urea groups is 1. The van der Waals surface area contributed by atoms with E-state index in [1.165, 1.54) is 23.9 Å². The third kappa shape index (κ3) is 6.01. The van der Waals surface area contributed by atoms with E-state index in [4.69, 9.17) is 46.4 Å². The van der Waals surface area contributed by atoms with Crippen molar-refractivity contribution < 1.29 is 9.59 Å². The van der Waals surface area contributed by atoms with Crippen molar-refractivity contribution in [3.8, 4) is 0 Å². The van der Waals surface area contributed by atoms with Crippen molar-refractivity contribution in [1.82, 2.24) is 10.3 Å². The van der Waals surface area contributed by atoms with E-state index in [0.717, 1.165) is 9.79 Å². The Labute approximate surface area is 190 Å². The molecule has 0 saturated heterocycles. The van der Waals surface area contributed by atoms with Gasteiger partial charge in [-0.1, -0.05) is 64.2 Å². The molecule has 3 rings (SSSR count). The van der Waals surface area contributed by atoms with E-state index in [1.54, 1.807) is 42.6 Å². The van der Waals surface area contributed by atoms with Crippen LogP contribution in [-0.4, -0.2) is 16.9 Å². The molecule has 2 N–H and O–H groups in total. The standard InChI is InChI=1S/C19H11Cl4N3O2S/c20-10-6-11(21)8-13(7-10)29-12-4-5-16(24-9-12)25-19(28)26-18(27)17-14(22)2-1-3-15(17)23/h1-9H,(H2,24,25,26,27,28). The van der Waals surface area contributed by atoms with Gasteiger partial charge in [-0.25, -0.2) is 9.78 Å². The molecule has 3 amide bonds. The average molecular weight is 487 g/mol. The molecule has 0 fully saturated rings. The quantitative estimate of drug-likeness (QED) is 0.425. The SMILES string of the molecule is O=C(NC(=O)c1c(Cl)cccc1Cl)Nc1ccc(Sc2cc(Cl)cc(Cl)c2)cn1. The Hall–Kier alpha value is -1.96. The lowest BCUT2D eigenvalue weighted by Gasteiger charge is -2.09. The van der Waals surface area contributed by atoms with Crippen LogP contribution in [0.1, 0.15) is 10.4 Å². The van der Waals surface area contributed by atoms with Crippen molar-refractivity contribution in [1.29, 1.82) is 0 Å². The zero-order valence-electron chi connectivity index (χ0n) is 14.4. The topological polar surface area (TPSA) is 71.1 Å². The average Bonchev–Trinajstić information content (AvgIpc) is 2.62. The van der Waals surface area contributed by atoms with Gasteiger partial charge < -0.3 is 0 Å². The van der Waals surface area contributed by atoms with Crippen molar-refractivity contribution in [3.63, 3.8) is 0 Å². The number of anilines is 1. The number of halogens is 4. The van der Waals surface area contributed by atoms with Crippen molar-refractivity contribution in [2.75, 3.05) is 5.32 Å². The van der Waals surface area contributed by atoms with Gasteiger partial charge in [-0.05, 0) is 42.5 Å². The second kappa shape index (κ2) is 9.69. The number of hydrogen-bond acceptors (Lipinski definition) is 4. The molecule has 0 saturated carbocycles. The second-order valence-electron chi connectivity index (χ2n) is 5.59. The lowest BCUT2D eigenvalue weighted by Crippen LogP contribution is -2.34. The van der Waals surface area contributed by atoms with Crippen LogP contribution in [0.2, 0.25) is 20.1 Å². The largest absolute Gasteiger partial charge is 0.327 e. The van der Waals surface area contributed by atoms with Gasteiger partial charge in [-0.15, -0.1) is 0 Å². The van der Waals surface area contributed by atoms with Crippen LogP contribution in [0.25, 0.3) is 0 Å². The number of nitrogens with one attached hydrogen (secondary N) is 2. The highest BCUT2D eigenvalue weighted by atomic mass is 35.5. The van der Waals surface area contributed by atoms with E-state index in [0.29, 0.717) is 10.0 Å². The summed E-state index contributed by atoms with van der Waals surface area (Å²) in [5, 5.41) is 5.98. The van der Waals surface area contributed by atoms with Crippen LogP contribution in [0.4, 0.5) is 10.6 Å². The first-order valence-electron chi connectivity index (χ1n) is 7.98. The molecule has 2 aromatic carbocycles. The maximum absolute atomic E-state index is 12.2. The summed E-state index contributed by atoms with van der Waals surface area (Å²) in [6, 6.07) is 12.4. The Bertz CT molecular complexity index is 1040. The monoisotopic (exact) mass is 485 g/mol. The van der Waals surface area contributed by atoms with Crippen molar-refractivity contribution in [2.24, 2.45) is 0 Å². The summed E-state index contributed by atoms with van der Waals surface area (Å²) in [5.41, 5.74) is 0.0193. The fourth-order valence-corrected chi connectivity index (χ4v) is 4.38. The van der Waals surface area contributed by atoms with E-state index >= 15 is 0 Å². The third-order valence-corrected chi connectivity index (χ3v) is 5.48. The number of imide groups is 1. The smallest absolute Gasteiger partial charge is 0.292 e. The van der Waals surface area contributed by atoms with Crippen LogP contribution in [0.5, 0.6) is 0 Å². The molecule has 0 aliphatic rings. The highest BCUT2D eigenvalue weighted by Crippen LogP contribution is 2.32. The molecule has 148 valence electrons. The maximum atomic E-state index is 12.2. The molecule has 0 bridgehead atoms. The number of carbonyl (C=O) groups is 2. The van der Waals surface area contributed by atoms with Crippen molar-refractivity contribution >= 4 is 75.9 Å². The molecule has 29 heavy (non-hydrogen) atoms. The van der Waals surface area contributed by atoms with E-state index in [1.807, 2.05) is 0 Å². The molecular weight excluding hydrogens is 476 g/mol. The van der Waals surface area contributed by atoms with Gasteiger partial charge in [0.1, 0.15) is 5.82 Å². The van der Waals surface area contributed by atoms with Gasteiger partial charge in [-0.3, -0.25) is 15.4 Å². The lowest BCUT2D eigenvalue weighted by molar-refractivity contribution is 0.0967. The zero-order chi connectivity index (χ0) is 21.0. The Kier molecular flexibility index (Phi) is 7.27. The molecule has 0 aliphatic carbocycles. The van der Waals surface area contributed by atoms with E-state index in [-0.39, 0.29) is 21.4 Å². The van der Waals surface area contributed by atoms with Gasteiger partial charge in [0, 0.05) is 26.0 Å². The second-order valence-corrected chi connectivity index (χ2v) is 8.43. The minimum absolute atomic E-state index is 0.0193. The number of nitrogens with zero attached hydrogens (tertiary/aromatic N) is 1. The number of pyridine rings is 1. The van der Waals surface area contributed by atoms with E-state index in [9.17, 15) is 9.59 Å². The molecule has 5 nitrogen and oxygen atoms in total. The number of aromatic nitrogens is 1. The normalized spacial score (nSPS) is 10.5. The molecule has 0 radical (unpaired) electrons. The highest BCUT2D eigenvalue weighted by Gasteiger charge is 2.17. The van der Waals surface area contributed by atoms with Crippen LogP contribution in [0, 0.1) is 0 Å². The highest BCUT2D eigenvalue weighted by molar-refractivity contribution is 7.99. The van der Waals surface area contributed by atoms with Crippen LogP contribution >= 0.6 is 58.2 Å². The van der Waals surface area contributed by atoms with Gasteiger partial charge in [0.15, 0.2) is 0 Å². The fraction of sp³-hybridized carbons (Fsp3) is 0. The summed E-state index contributed by atoms with van der Waals surface area (Å²) < 4.78 is 0. The summed E-state index contributed by atoms with van der Waals surface area (Å²) in [7, 11) is 0. The van der Waals surface area contributed by atoms with Crippen LogP contribution in [0.3, 0.4) is 0 Å². The summed E-state index contributed by atoms with van der Waals surface area (Å²) in [4.78, 5) is 30.1. The third-order valence-electron chi connectivity index (χ3n) is 3.47. The van der Waals surface area contributed by atoms with Crippen LogP contribution < -0.4 is 10.6 Å². The maximum Gasteiger partial charge on any atom is 0.327 e. The van der Waals surface area contributed by atoms with Gasteiger partial charge in [0.2, 0.25) is 0 Å². The predicted octanol–water partition coefficient (Wildman–Crippen LogP) is 6.81. The minimum Gasteiger partial charge on any atom is -0.292 e. The van der Waals surface area contributed by atoms with Crippen LogP contribution in [0.15, 0.2) is 64.5 Å². The summed E-state index contributed by atoms with van der Waals surface area (Å²) in [6.45, 7) is 0. The van der Waals surface area contributed by atoms with Gasteiger partial charge in [0.25, 0.3) is 5.91 Å². The molecule has 0 spiro atoms. The number of amides is 3. The van der Waals surface area contributed by atoms with Gasteiger partial charge in [-0.2, -0.15) is 0 Å². The molecule has 1 aromatic heterocycles. The number of hydrogen-bond donors (Lipinski definition) is 2. The summed E-state index contributed by atoms with van der Waals surface area (Å²) in [6.07, 6.45) is 1.57. The minimum atomic E-state index is -0.763. The Morgan fingerprint density at radius 3 is 2.10 bits per heavy atom. The molecule has 3 aromatic rings. The first-order valence-corrected chi connectivity index (χ1v) is 10.3. The summed E-state index contributed by atoms with van der Waals surface area (Å²) in [5.74, 6) is -0.461. The lowest BCUT2D eigenvalue weighted by atomic mass is 10.2. The van der Waals surface area contributed by atoms with Gasteiger partial charge >= 0.3 is 6.03 Å². The fourth-order valence-electron chi connectivity index (χ4n) is 2.27. The number of rotatable bonds is 4. The van der Waals surface area contributed by atoms with Crippen LogP contribution in [-0.2, 0) is 0 Å². The zero-order valence-corrected chi connectivity index (χ0v) is 18.2. The van der Waals surface area contributed by atoms with E-state index in [2.05, 4.69) is 15.6 Å². The Morgan fingerprint density at radius 1 is 0.862 bits per heavy atom. The molecule has 10 heteroatoms. The molecule has 0 unspecified atom stereocenters. The molecule has 1 heterocycles. The predicted molar refractivity (Wildman–Crippen MR) is 118 cm³/mol.